The van der Waals surface area contributed by atoms with Crippen LogP contribution in [-0.4, -0.2) is 19.2 Å². The Morgan fingerprint density at radius 1 is 1.22 bits per heavy atom. The maximum atomic E-state index is 12.1. The number of carbonyl (C=O) groups excluding carboxylic acids is 1. The summed E-state index contributed by atoms with van der Waals surface area (Å²) in [6, 6.07) is 9.48. The minimum Gasteiger partial charge on any atom is -0.322 e. The molecule has 0 bridgehead atoms. The average Bonchev–Trinajstić information content (AvgIpc) is 2.46. The van der Waals surface area contributed by atoms with E-state index < -0.39 is 20.9 Å². The summed E-state index contributed by atoms with van der Waals surface area (Å²) in [6.45, 7) is 1.56. The standard InChI is InChI=1S/C14H13N3O5S/c1-9-5-6-10(7-13(9)17(19)20)14(18)16-11-3-2-4-12(8-11)23(15,21)22/h2-8H,1H3,(H,16,18)(H2,15,21,22). The molecule has 3 N–H and O–H groups in total. The number of nitrogens with one attached hydrogen (secondary N) is 1. The number of primary sulfonamides is 1. The van der Waals surface area contributed by atoms with Crippen LogP contribution in [0.15, 0.2) is 47.4 Å². The highest BCUT2D eigenvalue weighted by molar-refractivity contribution is 7.89. The number of hydrogen-bond donors (Lipinski definition) is 2. The average molecular weight is 335 g/mol. The van der Waals surface area contributed by atoms with Crippen LogP contribution >= 0.6 is 0 Å². The second-order valence-electron chi connectivity index (χ2n) is 4.79. The number of rotatable bonds is 4. The number of nitro groups is 1. The van der Waals surface area contributed by atoms with Gasteiger partial charge >= 0.3 is 0 Å². The molecule has 0 spiro atoms. The number of hydrogen-bond acceptors (Lipinski definition) is 5. The molecule has 9 heteroatoms. The Morgan fingerprint density at radius 3 is 2.52 bits per heavy atom. The van der Waals surface area contributed by atoms with Gasteiger partial charge in [0.15, 0.2) is 0 Å². The zero-order chi connectivity index (χ0) is 17.2. The lowest BCUT2D eigenvalue weighted by Crippen LogP contribution is -2.15. The Kier molecular flexibility index (Phi) is 4.43. The summed E-state index contributed by atoms with van der Waals surface area (Å²) >= 11 is 0. The zero-order valence-corrected chi connectivity index (χ0v) is 12.8. The molecule has 0 fully saturated rings. The molecule has 0 saturated heterocycles. The molecule has 0 radical (unpaired) electrons. The molecule has 0 heterocycles. The van der Waals surface area contributed by atoms with Crippen molar-refractivity contribution in [1.29, 1.82) is 0 Å². The van der Waals surface area contributed by atoms with Crippen LogP contribution in [0.1, 0.15) is 15.9 Å². The number of carbonyl (C=O) groups is 1. The van der Waals surface area contributed by atoms with Gasteiger partial charge in [-0.15, -0.1) is 0 Å². The number of aryl methyl sites for hydroxylation is 1. The molecule has 1 amide bonds. The Morgan fingerprint density at radius 2 is 1.91 bits per heavy atom. The van der Waals surface area contributed by atoms with Crippen molar-refractivity contribution >= 4 is 27.3 Å². The van der Waals surface area contributed by atoms with Crippen LogP contribution in [0.3, 0.4) is 0 Å². The Hall–Kier alpha value is -2.78. The van der Waals surface area contributed by atoms with Crippen LogP contribution in [0.4, 0.5) is 11.4 Å². The zero-order valence-electron chi connectivity index (χ0n) is 12.0. The second kappa shape index (κ2) is 6.15. The largest absolute Gasteiger partial charge is 0.322 e. The first-order valence-corrected chi connectivity index (χ1v) is 7.92. The third-order valence-corrected chi connectivity index (χ3v) is 4.00. The topological polar surface area (TPSA) is 132 Å². The normalized spacial score (nSPS) is 11.0. The van der Waals surface area contributed by atoms with Crippen molar-refractivity contribution in [2.45, 2.75) is 11.8 Å². The van der Waals surface area contributed by atoms with Gasteiger partial charge in [-0.25, -0.2) is 13.6 Å². The molecular weight excluding hydrogens is 322 g/mol. The number of nitrogens with zero attached hydrogens (tertiary/aromatic N) is 1. The van der Waals surface area contributed by atoms with Gasteiger partial charge in [0.25, 0.3) is 11.6 Å². The fourth-order valence-corrected chi connectivity index (χ4v) is 2.46. The van der Waals surface area contributed by atoms with Gasteiger partial charge in [-0.05, 0) is 31.2 Å². The maximum Gasteiger partial charge on any atom is 0.273 e. The summed E-state index contributed by atoms with van der Waals surface area (Å²) in [5.41, 5.74) is 0.562. The lowest BCUT2D eigenvalue weighted by atomic mass is 10.1. The quantitative estimate of drug-likeness (QED) is 0.649. The van der Waals surface area contributed by atoms with Crippen molar-refractivity contribution in [3.63, 3.8) is 0 Å². The highest BCUT2D eigenvalue weighted by Crippen LogP contribution is 2.21. The molecule has 2 rings (SSSR count). The highest BCUT2D eigenvalue weighted by Gasteiger charge is 2.16. The highest BCUT2D eigenvalue weighted by atomic mass is 32.2. The SMILES string of the molecule is Cc1ccc(C(=O)Nc2cccc(S(N)(=O)=O)c2)cc1[N+](=O)[O-]. The molecule has 0 aliphatic carbocycles. The minimum absolute atomic E-state index is 0.0864. The van der Waals surface area contributed by atoms with Crippen LogP contribution in [-0.2, 0) is 10.0 Å². The van der Waals surface area contributed by atoms with Crippen LogP contribution in [0.25, 0.3) is 0 Å². The molecule has 23 heavy (non-hydrogen) atoms. The molecule has 0 saturated carbocycles. The number of benzene rings is 2. The molecule has 2 aromatic rings. The molecule has 8 nitrogen and oxygen atoms in total. The van der Waals surface area contributed by atoms with Crippen LogP contribution < -0.4 is 10.5 Å². The summed E-state index contributed by atoms with van der Waals surface area (Å²) in [7, 11) is -3.89. The lowest BCUT2D eigenvalue weighted by Gasteiger charge is -2.07. The summed E-state index contributed by atoms with van der Waals surface area (Å²) in [5, 5.41) is 18.4. The summed E-state index contributed by atoms with van der Waals surface area (Å²) < 4.78 is 22.6. The van der Waals surface area contributed by atoms with E-state index in [0.717, 1.165) is 6.07 Å². The Labute approximate surface area is 132 Å². The molecule has 0 atom stereocenters. The first-order valence-electron chi connectivity index (χ1n) is 6.38. The summed E-state index contributed by atoms with van der Waals surface area (Å²) in [6.07, 6.45) is 0. The van der Waals surface area contributed by atoms with Gasteiger partial charge in [0, 0.05) is 22.9 Å². The third kappa shape index (κ3) is 3.90. The van der Waals surface area contributed by atoms with E-state index in [4.69, 9.17) is 5.14 Å². The fraction of sp³-hybridized carbons (Fsp3) is 0.0714. The number of anilines is 1. The van der Waals surface area contributed by atoms with Gasteiger partial charge in [-0.2, -0.15) is 0 Å². The summed E-state index contributed by atoms with van der Waals surface area (Å²) in [4.78, 5) is 22.3. The number of nitro benzene ring substituents is 1. The van der Waals surface area contributed by atoms with Crippen molar-refractivity contribution in [3.05, 3.63) is 63.7 Å². The van der Waals surface area contributed by atoms with E-state index in [-0.39, 0.29) is 21.8 Å². The van der Waals surface area contributed by atoms with E-state index in [9.17, 15) is 23.3 Å². The second-order valence-corrected chi connectivity index (χ2v) is 6.35. The van der Waals surface area contributed by atoms with Gasteiger partial charge in [-0.1, -0.05) is 12.1 Å². The monoisotopic (exact) mass is 335 g/mol. The maximum absolute atomic E-state index is 12.1. The van der Waals surface area contributed by atoms with E-state index in [2.05, 4.69) is 5.32 Å². The number of nitrogens with two attached hydrogens (primary N) is 1. The van der Waals surface area contributed by atoms with E-state index in [1.54, 1.807) is 6.92 Å². The Balaban J connectivity index is 2.30. The van der Waals surface area contributed by atoms with Gasteiger partial charge in [0.2, 0.25) is 10.0 Å². The van der Waals surface area contributed by atoms with Crippen molar-refractivity contribution in [2.24, 2.45) is 5.14 Å². The van der Waals surface area contributed by atoms with E-state index in [1.165, 1.54) is 36.4 Å². The molecule has 0 aliphatic rings. The molecule has 0 aromatic heterocycles. The van der Waals surface area contributed by atoms with Crippen molar-refractivity contribution in [1.82, 2.24) is 0 Å². The first-order chi connectivity index (χ1) is 10.7. The van der Waals surface area contributed by atoms with Gasteiger partial charge in [0.1, 0.15) is 0 Å². The van der Waals surface area contributed by atoms with Gasteiger partial charge in [-0.3, -0.25) is 14.9 Å². The Bertz CT molecular complexity index is 893. The van der Waals surface area contributed by atoms with E-state index in [1.807, 2.05) is 0 Å². The van der Waals surface area contributed by atoms with Crippen LogP contribution in [0.2, 0.25) is 0 Å². The van der Waals surface area contributed by atoms with E-state index in [0.29, 0.717) is 5.56 Å². The van der Waals surface area contributed by atoms with Crippen molar-refractivity contribution in [2.75, 3.05) is 5.32 Å². The van der Waals surface area contributed by atoms with E-state index >= 15 is 0 Å². The van der Waals surface area contributed by atoms with Crippen molar-refractivity contribution in [3.8, 4) is 0 Å². The molecule has 0 unspecified atom stereocenters. The summed E-state index contributed by atoms with van der Waals surface area (Å²) in [5.74, 6) is -0.598. The van der Waals surface area contributed by atoms with Gasteiger partial charge in [0.05, 0.1) is 9.82 Å². The van der Waals surface area contributed by atoms with Crippen molar-refractivity contribution < 1.29 is 18.1 Å². The first kappa shape index (κ1) is 16.6. The lowest BCUT2D eigenvalue weighted by molar-refractivity contribution is -0.385. The molecule has 2 aromatic carbocycles. The number of sulfonamides is 1. The minimum atomic E-state index is -3.89. The predicted octanol–water partition coefficient (Wildman–Crippen LogP) is 1.80. The van der Waals surface area contributed by atoms with Crippen LogP contribution in [0, 0.1) is 17.0 Å². The molecule has 120 valence electrons. The number of amides is 1. The fourth-order valence-electron chi connectivity index (χ4n) is 1.90. The molecular formula is C14H13N3O5S. The molecule has 0 aliphatic heterocycles. The van der Waals surface area contributed by atoms with Gasteiger partial charge < -0.3 is 5.32 Å². The predicted molar refractivity (Wildman–Crippen MR) is 83.6 cm³/mol. The smallest absolute Gasteiger partial charge is 0.273 e. The third-order valence-electron chi connectivity index (χ3n) is 3.09. The van der Waals surface area contributed by atoms with Crippen LogP contribution in [0.5, 0.6) is 0 Å².